The molecule has 2 aromatic rings. The molecule has 0 radical (unpaired) electrons. The Hall–Kier alpha value is -2.37. The Kier molecular flexibility index (Phi) is 7.42. The quantitative estimate of drug-likeness (QED) is 0.470. The van der Waals surface area contributed by atoms with Gasteiger partial charge in [0.1, 0.15) is 0 Å². The molecular formula is C13H10F3N2O5S-. The largest absolute Gasteiger partial charge is 0.750 e. The molecule has 0 amide bonds. The maximum absolute atomic E-state index is 12.0. The van der Waals surface area contributed by atoms with E-state index in [0.717, 1.165) is 23.9 Å². The van der Waals surface area contributed by atoms with Gasteiger partial charge < -0.3 is 4.55 Å². The van der Waals surface area contributed by atoms with Crippen LogP contribution in [0.5, 0.6) is 0 Å². The Bertz CT molecular complexity index is 698. The molecule has 1 heterocycles. The minimum Gasteiger partial charge on any atom is -0.750 e. The lowest BCUT2D eigenvalue weighted by Crippen LogP contribution is -2.10. The first-order valence-electron chi connectivity index (χ1n) is 6.15. The molecule has 0 bridgehead atoms. The van der Waals surface area contributed by atoms with E-state index in [9.17, 15) is 32.0 Å². The van der Waals surface area contributed by atoms with Crippen LogP contribution < -0.4 is 0 Å². The summed E-state index contributed by atoms with van der Waals surface area (Å²) in [7, 11) is 0. The second-order valence-electron chi connectivity index (χ2n) is 4.08. The molecule has 0 aliphatic carbocycles. The molecule has 0 aliphatic heterocycles. The van der Waals surface area contributed by atoms with E-state index in [4.69, 9.17) is 0 Å². The summed E-state index contributed by atoms with van der Waals surface area (Å²) in [6.45, 7) is 0.108. The molecule has 1 atom stereocenters. The Morgan fingerprint density at radius 2 is 1.79 bits per heavy atom. The van der Waals surface area contributed by atoms with E-state index in [1.54, 1.807) is 12.1 Å². The zero-order valence-corrected chi connectivity index (χ0v) is 12.6. The maximum Gasteiger partial charge on any atom is 0.440 e. The zero-order valence-electron chi connectivity index (χ0n) is 11.8. The van der Waals surface area contributed by atoms with Crippen molar-refractivity contribution in [3.63, 3.8) is 0 Å². The van der Waals surface area contributed by atoms with Gasteiger partial charge >= 0.3 is 6.18 Å². The monoisotopic (exact) mass is 363 g/mol. The Morgan fingerprint density at radius 1 is 1.17 bits per heavy atom. The molecule has 7 nitrogen and oxygen atoms in total. The number of pyridine rings is 1. The summed E-state index contributed by atoms with van der Waals surface area (Å²) in [4.78, 5) is 11.9. The summed E-state index contributed by atoms with van der Waals surface area (Å²) in [6.07, 6.45) is -3.93. The highest BCUT2D eigenvalue weighted by atomic mass is 32.2. The maximum atomic E-state index is 12.0. The molecule has 0 aliphatic rings. The molecule has 1 aromatic carbocycles. The van der Waals surface area contributed by atoms with Crippen LogP contribution in [0.15, 0.2) is 48.7 Å². The fourth-order valence-corrected chi connectivity index (χ4v) is 1.69. The standard InChI is InChI=1S/C7H8O3S.C6H3F3N2O2/c8-11(9)10-6-7-4-2-1-3-5-7;7-6(8,9)5-4(11(12)13)2-1-3-10-5/h1-5H,6H2,(H,8,9);1-3H/p-1. The highest BCUT2D eigenvalue weighted by Gasteiger charge is 2.39. The number of nitro groups is 1. The number of nitrogens with zero attached hydrogens (tertiary/aromatic N) is 2. The van der Waals surface area contributed by atoms with Crippen LogP contribution in [-0.2, 0) is 28.3 Å². The van der Waals surface area contributed by atoms with Crippen LogP contribution in [0.3, 0.4) is 0 Å². The third kappa shape index (κ3) is 6.81. The van der Waals surface area contributed by atoms with Gasteiger partial charge in [-0.2, -0.15) is 13.2 Å². The van der Waals surface area contributed by atoms with Gasteiger partial charge in [-0.1, -0.05) is 30.3 Å². The van der Waals surface area contributed by atoms with E-state index in [1.807, 2.05) is 18.2 Å². The van der Waals surface area contributed by atoms with E-state index in [0.29, 0.717) is 0 Å². The van der Waals surface area contributed by atoms with Crippen molar-refractivity contribution in [3.8, 4) is 0 Å². The molecule has 1 unspecified atom stereocenters. The first kappa shape index (κ1) is 19.7. The predicted molar refractivity (Wildman–Crippen MR) is 76.0 cm³/mol. The van der Waals surface area contributed by atoms with Crippen molar-refractivity contribution in [2.45, 2.75) is 12.8 Å². The normalized spacial score (nSPS) is 12.0. The van der Waals surface area contributed by atoms with Crippen LogP contribution in [0.25, 0.3) is 0 Å². The lowest BCUT2D eigenvalue weighted by Gasteiger charge is -2.04. The average Bonchev–Trinajstić information content (AvgIpc) is 2.54. The zero-order chi connectivity index (χ0) is 18.2. The van der Waals surface area contributed by atoms with Gasteiger partial charge in [0, 0.05) is 12.3 Å². The third-order valence-corrected chi connectivity index (χ3v) is 2.73. The van der Waals surface area contributed by atoms with Crippen molar-refractivity contribution in [1.82, 2.24) is 4.98 Å². The third-order valence-electron chi connectivity index (χ3n) is 2.42. The SMILES string of the molecule is O=S([O-])OCc1ccccc1.O=[N+]([O-])c1cccnc1C(F)(F)F. The lowest BCUT2D eigenvalue weighted by atomic mass is 10.2. The van der Waals surface area contributed by atoms with E-state index in [-0.39, 0.29) is 6.61 Å². The second-order valence-corrected chi connectivity index (χ2v) is 4.72. The molecular weight excluding hydrogens is 353 g/mol. The van der Waals surface area contributed by atoms with Crippen molar-refractivity contribution >= 4 is 17.0 Å². The van der Waals surface area contributed by atoms with Gasteiger partial charge in [0.05, 0.1) is 22.9 Å². The highest BCUT2D eigenvalue weighted by molar-refractivity contribution is 7.74. The van der Waals surface area contributed by atoms with E-state index in [2.05, 4.69) is 9.17 Å². The number of aromatic nitrogens is 1. The van der Waals surface area contributed by atoms with Gasteiger partial charge in [0.15, 0.2) is 0 Å². The Labute approximate surface area is 136 Å². The van der Waals surface area contributed by atoms with Crippen LogP contribution in [0.2, 0.25) is 0 Å². The first-order chi connectivity index (χ1) is 11.2. The van der Waals surface area contributed by atoms with Crippen LogP contribution >= 0.6 is 0 Å². The number of halogens is 3. The summed E-state index contributed by atoms with van der Waals surface area (Å²) in [5.41, 5.74) is -1.66. The van der Waals surface area contributed by atoms with Crippen LogP contribution in [-0.4, -0.2) is 18.7 Å². The van der Waals surface area contributed by atoms with E-state index < -0.39 is 33.8 Å². The summed E-state index contributed by atoms with van der Waals surface area (Å²) in [5, 5.41) is 10.1. The van der Waals surface area contributed by atoms with Gasteiger partial charge in [-0.05, 0) is 11.6 Å². The summed E-state index contributed by atoms with van der Waals surface area (Å²) < 4.78 is 60.4. The minimum absolute atomic E-state index is 0.108. The molecule has 0 spiro atoms. The Balaban J connectivity index is 0.000000243. The highest BCUT2D eigenvalue weighted by Crippen LogP contribution is 2.33. The molecule has 0 saturated heterocycles. The molecule has 1 aromatic heterocycles. The number of hydrogen-bond donors (Lipinski definition) is 0. The van der Waals surface area contributed by atoms with E-state index >= 15 is 0 Å². The molecule has 0 N–H and O–H groups in total. The van der Waals surface area contributed by atoms with Crippen LogP contribution in [0, 0.1) is 10.1 Å². The van der Waals surface area contributed by atoms with E-state index in [1.165, 1.54) is 0 Å². The predicted octanol–water partition coefficient (Wildman–Crippen LogP) is 3.01. The summed E-state index contributed by atoms with van der Waals surface area (Å²) in [6, 6.07) is 10.9. The van der Waals surface area contributed by atoms with Crippen molar-refractivity contribution in [3.05, 3.63) is 70.0 Å². The number of rotatable bonds is 4. The summed E-state index contributed by atoms with van der Waals surface area (Å²) in [5.74, 6) is 0. The lowest BCUT2D eigenvalue weighted by molar-refractivity contribution is -0.388. The molecule has 0 fully saturated rings. The van der Waals surface area contributed by atoms with Crippen LogP contribution in [0.1, 0.15) is 11.3 Å². The summed E-state index contributed by atoms with van der Waals surface area (Å²) >= 11 is -2.42. The van der Waals surface area contributed by atoms with Gasteiger partial charge in [-0.15, -0.1) is 0 Å². The Morgan fingerprint density at radius 3 is 2.25 bits per heavy atom. The van der Waals surface area contributed by atoms with Crippen molar-refractivity contribution in [2.24, 2.45) is 0 Å². The van der Waals surface area contributed by atoms with Crippen molar-refractivity contribution < 1.29 is 31.0 Å². The van der Waals surface area contributed by atoms with Gasteiger partial charge in [0.2, 0.25) is 5.69 Å². The molecule has 130 valence electrons. The smallest absolute Gasteiger partial charge is 0.440 e. The molecule has 24 heavy (non-hydrogen) atoms. The number of benzene rings is 1. The fraction of sp³-hybridized carbons (Fsp3) is 0.154. The second kappa shape index (κ2) is 9.05. The fourth-order valence-electron chi connectivity index (χ4n) is 1.45. The van der Waals surface area contributed by atoms with Crippen LogP contribution in [0.4, 0.5) is 18.9 Å². The topological polar surface area (TPSA) is 105 Å². The molecule has 2 rings (SSSR count). The number of alkyl halides is 3. The van der Waals surface area contributed by atoms with Gasteiger partial charge in [0.25, 0.3) is 5.69 Å². The molecule has 11 heteroatoms. The van der Waals surface area contributed by atoms with Crippen molar-refractivity contribution in [1.29, 1.82) is 0 Å². The van der Waals surface area contributed by atoms with Crippen molar-refractivity contribution in [2.75, 3.05) is 0 Å². The van der Waals surface area contributed by atoms with Gasteiger partial charge in [-0.3, -0.25) is 14.3 Å². The first-order valence-corrected chi connectivity index (χ1v) is 7.15. The number of hydrogen-bond acceptors (Lipinski definition) is 6. The minimum atomic E-state index is -4.79. The van der Waals surface area contributed by atoms with Gasteiger partial charge in [-0.25, -0.2) is 9.19 Å². The molecule has 0 saturated carbocycles. The average molecular weight is 363 g/mol.